The van der Waals surface area contributed by atoms with Crippen LogP contribution in [0.4, 0.5) is 0 Å². The maximum absolute atomic E-state index is 2.73. The maximum Gasteiger partial charge on any atom is 0.0335 e. The molecule has 3 aliphatic rings. The van der Waals surface area contributed by atoms with Crippen molar-refractivity contribution < 1.29 is 0 Å². The number of fused-ring (bicyclic) bond motifs is 1. The van der Waals surface area contributed by atoms with Crippen LogP contribution < -0.4 is 0 Å². The molecule has 0 radical (unpaired) electrons. The van der Waals surface area contributed by atoms with E-state index >= 15 is 0 Å². The third-order valence-corrected chi connectivity index (χ3v) is 4.12. The van der Waals surface area contributed by atoms with E-state index in [1.54, 1.807) is 0 Å². The first-order valence-corrected chi connectivity index (χ1v) is 5.25. The molecule has 68 valence electrons. The maximum atomic E-state index is 2.73. The predicted octanol–water partition coefficient (Wildman–Crippen LogP) is 0.929. The van der Waals surface area contributed by atoms with Gasteiger partial charge in [-0.2, -0.15) is 0 Å². The van der Waals surface area contributed by atoms with Crippen molar-refractivity contribution in [1.29, 1.82) is 0 Å². The molecule has 2 nitrogen and oxygen atoms in total. The normalized spacial score (nSPS) is 40.2. The van der Waals surface area contributed by atoms with E-state index in [2.05, 4.69) is 16.8 Å². The van der Waals surface area contributed by atoms with Crippen LogP contribution in [-0.2, 0) is 0 Å². The zero-order chi connectivity index (χ0) is 8.18. The molecule has 12 heavy (non-hydrogen) atoms. The minimum absolute atomic E-state index is 0.640. The molecular formula is C10H18N2. The molecule has 0 amide bonds. The van der Waals surface area contributed by atoms with Gasteiger partial charge >= 0.3 is 0 Å². The number of likely N-dealkylation sites (N-methyl/N-ethyl adjacent to an activating group) is 1. The van der Waals surface area contributed by atoms with Crippen LogP contribution in [0.2, 0.25) is 0 Å². The van der Waals surface area contributed by atoms with Crippen LogP contribution in [0.1, 0.15) is 25.7 Å². The summed E-state index contributed by atoms with van der Waals surface area (Å²) in [6.07, 6.45) is 5.79. The highest BCUT2D eigenvalue weighted by Crippen LogP contribution is 2.45. The van der Waals surface area contributed by atoms with Crippen molar-refractivity contribution in [2.45, 2.75) is 37.3 Å². The van der Waals surface area contributed by atoms with Gasteiger partial charge in [0.15, 0.2) is 0 Å². The van der Waals surface area contributed by atoms with Crippen LogP contribution in [0.3, 0.4) is 0 Å². The first-order chi connectivity index (χ1) is 5.80. The van der Waals surface area contributed by atoms with Gasteiger partial charge in [-0.05, 0) is 39.3 Å². The highest BCUT2D eigenvalue weighted by atomic mass is 15.3. The second kappa shape index (κ2) is 2.24. The topological polar surface area (TPSA) is 6.48 Å². The van der Waals surface area contributed by atoms with E-state index in [4.69, 9.17) is 0 Å². The summed E-state index contributed by atoms with van der Waals surface area (Å²) >= 11 is 0. The minimum atomic E-state index is 0.640. The SMILES string of the molecule is CN1CC2CCCN2CC12CC2. The van der Waals surface area contributed by atoms with Gasteiger partial charge in [0, 0.05) is 24.7 Å². The fourth-order valence-electron chi connectivity index (χ4n) is 3.00. The van der Waals surface area contributed by atoms with Crippen molar-refractivity contribution in [3.8, 4) is 0 Å². The fraction of sp³-hybridized carbons (Fsp3) is 1.00. The lowest BCUT2D eigenvalue weighted by atomic mass is 10.1. The van der Waals surface area contributed by atoms with E-state index < -0.39 is 0 Å². The standard InChI is InChI=1S/C10H18N2/c1-11-7-9-3-2-6-12(9)8-10(11)4-5-10/h9H,2-8H2,1H3. The number of piperazine rings is 1. The molecule has 0 N–H and O–H groups in total. The van der Waals surface area contributed by atoms with Crippen LogP contribution in [0.25, 0.3) is 0 Å². The molecular weight excluding hydrogens is 148 g/mol. The van der Waals surface area contributed by atoms with E-state index in [1.165, 1.54) is 45.3 Å². The van der Waals surface area contributed by atoms with Crippen molar-refractivity contribution in [1.82, 2.24) is 9.80 Å². The summed E-state index contributed by atoms with van der Waals surface area (Å²) in [6.45, 7) is 4.08. The molecule has 2 heteroatoms. The van der Waals surface area contributed by atoms with Gasteiger partial charge in [-0.3, -0.25) is 9.80 Å². The Kier molecular flexibility index (Phi) is 1.37. The number of nitrogens with zero attached hydrogens (tertiary/aromatic N) is 2. The van der Waals surface area contributed by atoms with Gasteiger partial charge in [0.1, 0.15) is 0 Å². The molecule has 0 aromatic carbocycles. The molecule has 1 atom stereocenters. The molecule has 2 heterocycles. The van der Waals surface area contributed by atoms with Crippen LogP contribution in [0.15, 0.2) is 0 Å². The van der Waals surface area contributed by atoms with Gasteiger partial charge in [0.2, 0.25) is 0 Å². The molecule has 0 aromatic rings. The smallest absolute Gasteiger partial charge is 0.0335 e. The van der Waals surface area contributed by atoms with Gasteiger partial charge in [0.25, 0.3) is 0 Å². The first-order valence-electron chi connectivity index (χ1n) is 5.25. The third kappa shape index (κ3) is 0.882. The Labute approximate surface area is 74.5 Å². The molecule has 0 aromatic heterocycles. The quantitative estimate of drug-likeness (QED) is 0.528. The van der Waals surface area contributed by atoms with Crippen LogP contribution in [0, 0.1) is 0 Å². The molecule has 1 saturated carbocycles. The summed E-state index contributed by atoms with van der Waals surface area (Å²) in [7, 11) is 2.32. The molecule has 0 bridgehead atoms. The lowest BCUT2D eigenvalue weighted by Crippen LogP contribution is -2.56. The second-order valence-electron chi connectivity index (χ2n) is 4.87. The first kappa shape index (κ1) is 7.34. The number of rotatable bonds is 0. The van der Waals surface area contributed by atoms with Gasteiger partial charge < -0.3 is 0 Å². The molecule has 2 saturated heterocycles. The average Bonchev–Trinajstić information content (AvgIpc) is 2.67. The zero-order valence-electron chi connectivity index (χ0n) is 7.92. The Bertz CT molecular complexity index is 198. The van der Waals surface area contributed by atoms with Crippen molar-refractivity contribution >= 4 is 0 Å². The Morgan fingerprint density at radius 1 is 1.33 bits per heavy atom. The van der Waals surface area contributed by atoms with Crippen LogP contribution >= 0.6 is 0 Å². The minimum Gasteiger partial charge on any atom is -0.298 e. The summed E-state index contributed by atoms with van der Waals surface area (Å²) in [5, 5.41) is 0. The Morgan fingerprint density at radius 2 is 2.17 bits per heavy atom. The largest absolute Gasteiger partial charge is 0.298 e. The fourth-order valence-corrected chi connectivity index (χ4v) is 3.00. The Morgan fingerprint density at radius 3 is 2.92 bits per heavy atom. The van der Waals surface area contributed by atoms with Crippen molar-refractivity contribution in [2.24, 2.45) is 0 Å². The lowest BCUT2D eigenvalue weighted by Gasteiger charge is -2.42. The number of hydrogen-bond donors (Lipinski definition) is 0. The van der Waals surface area contributed by atoms with Crippen LogP contribution in [0.5, 0.6) is 0 Å². The average molecular weight is 166 g/mol. The van der Waals surface area contributed by atoms with Crippen molar-refractivity contribution in [3.63, 3.8) is 0 Å². The van der Waals surface area contributed by atoms with Crippen LogP contribution in [-0.4, -0.2) is 48.1 Å². The summed E-state index contributed by atoms with van der Waals surface area (Å²) in [5.74, 6) is 0. The van der Waals surface area contributed by atoms with E-state index in [0.29, 0.717) is 5.54 Å². The molecule has 3 rings (SSSR count). The summed E-state index contributed by atoms with van der Waals surface area (Å²) in [5.41, 5.74) is 0.640. The van der Waals surface area contributed by atoms with E-state index in [9.17, 15) is 0 Å². The zero-order valence-corrected chi connectivity index (χ0v) is 7.92. The Balaban J connectivity index is 1.79. The van der Waals surface area contributed by atoms with Crippen molar-refractivity contribution in [2.75, 3.05) is 26.7 Å². The third-order valence-electron chi connectivity index (χ3n) is 4.12. The monoisotopic (exact) mass is 166 g/mol. The summed E-state index contributed by atoms with van der Waals surface area (Å²) in [6, 6.07) is 0.904. The second-order valence-corrected chi connectivity index (χ2v) is 4.87. The van der Waals surface area contributed by atoms with Gasteiger partial charge in [0.05, 0.1) is 0 Å². The van der Waals surface area contributed by atoms with Gasteiger partial charge in [-0.1, -0.05) is 0 Å². The molecule has 1 aliphatic carbocycles. The van der Waals surface area contributed by atoms with E-state index in [1.807, 2.05) is 0 Å². The highest BCUT2D eigenvalue weighted by Gasteiger charge is 2.52. The van der Waals surface area contributed by atoms with Gasteiger partial charge in [-0.15, -0.1) is 0 Å². The molecule has 2 aliphatic heterocycles. The van der Waals surface area contributed by atoms with Gasteiger partial charge in [-0.25, -0.2) is 0 Å². The number of hydrogen-bond acceptors (Lipinski definition) is 2. The highest BCUT2D eigenvalue weighted by molar-refractivity contribution is 5.10. The molecule has 1 spiro atoms. The lowest BCUT2D eigenvalue weighted by molar-refractivity contribution is 0.0567. The Hall–Kier alpha value is -0.0800. The van der Waals surface area contributed by atoms with E-state index in [-0.39, 0.29) is 0 Å². The van der Waals surface area contributed by atoms with Crippen molar-refractivity contribution in [3.05, 3.63) is 0 Å². The predicted molar refractivity (Wildman–Crippen MR) is 49.2 cm³/mol. The summed E-state index contributed by atoms with van der Waals surface area (Å²) in [4.78, 5) is 5.35. The summed E-state index contributed by atoms with van der Waals surface area (Å²) < 4.78 is 0. The molecule has 3 fully saturated rings. The molecule has 1 unspecified atom stereocenters. The van der Waals surface area contributed by atoms with E-state index in [0.717, 1.165) is 6.04 Å².